The maximum absolute atomic E-state index is 11.3. The van der Waals surface area contributed by atoms with E-state index in [9.17, 15) is 4.79 Å². The Balaban J connectivity index is 1.74. The summed E-state index contributed by atoms with van der Waals surface area (Å²) in [5.41, 5.74) is 0. The summed E-state index contributed by atoms with van der Waals surface area (Å²) in [4.78, 5) is 11.3. The standard InChI is InChI=1S/C14H21NO3/c1-10(15-9-3-4-11-5-6-11)12-7-8-13(18-12)14(16)17-2/h7-8,10-11,15H,3-6,9H2,1-2H3. The normalized spacial score (nSPS) is 16.6. The number of rotatable bonds is 7. The molecule has 1 aromatic heterocycles. The summed E-state index contributed by atoms with van der Waals surface area (Å²) in [6.07, 6.45) is 5.36. The van der Waals surface area contributed by atoms with E-state index in [0.717, 1.165) is 18.2 Å². The van der Waals surface area contributed by atoms with E-state index in [-0.39, 0.29) is 11.8 Å². The quantitative estimate of drug-likeness (QED) is 0.598. The van der Waals surface area contributed by atoms with Crippen LogP contribution in [0, 0.1) is 5.92 Å². The molecule has 1 fully saturated rings. The van der Waals surface area contributed by atoms with Crippen molar-refractivity contribution >= 4 is 5.97 Å². The fourth-order valence-electron chi connectivity index (χ4n) is 2.01. The second kappa shape index (κ2) is 6.05. The van der Waals surface area contributed by atoms with Gasteiger partial charge in [0.1, 0.15) is 5.76 Å². The van der Waals surface area contributed by atoms with Crippen molar-refractivity contribution in [2.45, 2.75) is 38.6 Å². The van der Waals surface area contributed by atoms with Crippen LogP contribution in [-0.2, 0) is 4.74 Å². The number of esters is 1. The summed E-state index contributed by atoms with van der Waals surface area (Å²) in [5.74, 6) is 1.60. The zero-order valence-corrected chi connectivity index (χ0v) is 11.1. The summed E-state index contributed by atoms with van der Waals surface area (Å²) < 4.78 is 10.1. The summed E-state index contributed by atoms with van der Waals surface area (Å²) >= 11 is 0. The van der Waals surface area contributed by atoms with Crippen molar-refractivity contribution in [3.05, 3.63) is 23.7 Å². The first-order chi connectivity index (χ1) is 8.70. The van der Waals surface area contributed by atoms with Crippen molar-refractivity contribution < 1.29 is 13.9 Å². The second-order valence-electron chi connectivity index (χ2n) is 4.96. The smallest absolute Gasteiger partial charge is 0.373 e. The van der Waals surface area contributed by atoms with Gasteiger partial charge in [-0.15, -0.1) is 0 Å². The van der Waals surface area contributed by atoms with E-state index < -0.39 is 5.97 Å². The molecular formula is C14H21NO3. The monoisotopic (exact) mass is 251 g/mol. The molecule has 0 spiro atoms. The zero-order valence-electron chi connectivity index (χ0n) is 11.1. The molecule has 4 heteroatoms. The van der Waals surface area contributed by atoms with Crippen LogP contribution in [0.3, 0.4) is 0 Å². The number of hydrogen-bond acceptors (Lipinski definition) is 4. The van der Waals surface area contributed by atoms with E-state index in [1.807, 2.05) is 13.0 Å². The van der Waals surface area contributed by atoms with Crippen LogP contribution in [0.15, 0.2) is 16.5 Å². The minimum Gasteiger partial charge on any atom is -0.463 e. The molecule has 0 aromatic carbocycles. The highest BCUT2D eigenvalue weighted by Crippen LogP contribution is 2.33. The molecule has 1 aliphatic rings. The minimum atomic E-state index is -0.429. The molecule has 0 saturated heterocycles. The Kier molecular flexibility index (Phi) is 4.42. The van der Waals surface area contributed by atoms with Gasteiger partial charge in [0.05, 0.1) is 13.2 Å². The van der Waals surface area contributed by atoms with Gasteiger partial charge < -0.3 is 14.5 Å². The van der Waals surface area contributed by atoms with Gasteiger partial charge in [-0.2, -0.15) is 0 Å². The Labute approximate surface area is 108 Å². The maximum atomic E-state index is 11.3. The number of carbonyl (C=O) groups excluding carboxylic acids is 1. The Bertz CT molecular complexity index is 395. The van der Waals surface area contributed by atoms with Crippen LogP contribution < -0.4 is 5.32 Å². The molecule has 100 valence electrons. The topological polar surface area (TPSA) is 51.5 Å². The summed E-state index contributed by atoms with van der Waals surface area (Å²) in [5, 5.41) is 3.41. The average molecular weight is 251 g/mol. The van der Waals surface area contributed by atoms with Gasteiger partial charge in [-0.25, -0.2) is 4.79 Å². The third-order valence-corrected chi connectivity index (χ3v) is 3.38. The highest BCUT2D eigenvalue weighted by atomic mass is 16.5. The molecular weight excluding hydrogens is 230 g/mol. The molecule has 0 radical (unpaired) electrons. The van der Waals surface area contributed by atoms with Gasteiger partial charge in [-0.3, -0.25) is 0 Å². The molecule has 1 N–H and O–H groups in total. The van der Waals surface area contributed by atoms with E-state index in [1.54, 1.807) is 6.07 Å². The van der Waals surface area contributed by atoms with Crippen molar-refractivity contribution in [3.63, 3.8) is 0 Å². The number of ether oxygens (including phenoxy) is 1. The lowest BCUT2D eigenvalue weighted by Gasteiger charge is -2.10. The lowest BCUT2D eigenvalue weighted by Crippen LogP contribution is -2.19. The van der Waals surface area contributed by atoms with Gasteiger partial charge in [-0.05, 0) is 44.4 Å². The summed E-state index contributed by atoms with van der Waals surface area (Å²) in [7, 11) is 1.35. The lowest BCUT2D eigenvalue weighted by atomic mass is 10.2. The van der Waals surface area contributed by atoms with Gasteiger partial charge in [0, 0.05) is 0 Å². The van der Waals surface area contributed by atoms with Crippen molar-refractivity contribution in [3.8, 4) is 0 Å². The molecule has 0 bridgehead atoms. The first-order valence-electron chi connectivity index (χ1n) is 6.62. The highest BCUT2D eigenvalue weighted by Gasteiger charge is 2.20. The Morgan fingerprint density at radius 2 is 2.33 bits per heavy atom. The van der Waals surface area contributed by atoms with Crippen molar-refractivity contribution in [1.29, 1.82) is 0 Å². The number of methoxy groups -OCH3 is 1. The van der Waals surface area contributed by atoms with E-state index in [0.29, 0.717) is 0 Å². The predicted octanol–water partition coefficient (Wildman–Crippen LogP) is 2.91. The molecule has 2 rings (SSSR count). The molecule has 18 heavy (non-hydrogen) atoms. The van der Waals surface area contributed by atoms with E-state index in [2.05, 4.69) is 10.1 Å². The SMILES string of the molecule is COC(=O)c1ccc(C(C)NCCCC2CC2)o1. The fraction of sp³-hybridized carbons (Fsp3) is 0.643. The van der Waals surface area contributed by atoms with Gasteiger partial charge in [-0.1, -0.05) is 12.8 Å². The Morgan fingerprint density at radius 1 is 1.56 bits per heavy atom. The van der Waals surface area contributed by atoms with Gasteiger partial charge in [0.2, 0.25) is 5.76 Å². The van der Waals surface area contributed by atoms with Gasteiger partial charge in [0.25, 0.3) is 0 Å². The summed E-state index contributed by atoms with van der Waals surface area (Å²) in [6.45, 7) is 3.03. The van der Waals surface area contributed by atoms with E-state index in [4.69, 9.17) is 4.42 Å². The van der Waals surface area contributed by atoms with Gasteiger partial charge in [0.15, 0.2) is 0 Å². The molecule has 1 atom stereocenters. The van der Waals surface area contributed by atoms with Crippen LogP contribution in [0.25, 0.3) is 0 Å². The molecule has 1 unspecified atom stereocenters. The van der Waals surface area contributed by atoms with Crippen molar-refractivity contribution in [2.75, 3.05) is 13.7 Å². The molecule has 0 amide bonds. The van der Waals surface area contributed by atoms with Crippen LogP contribution in [0.4, 0.5) is 0 Å². The Hall–Kier alpha value is -1.29. The number of nitrogens with one attached hydrogen (secondary N) is 1. The van der Waals surface area contributed by atoms with Crippen molar-refractivity contribution in [2.24, 2.45) is 5.92 Å². The van der Waals surface area contributed by atoms with E-state index >= 15 is 0 Å². The number of carbonyl (C=O) groups is 1. The molecule has 1 aromatic rings. The van der Waals surface area contributed by atoms with E-state index in [1.165, 1.54) is 32.8 Å². The molecule has 4 nitrogen and oxygen atoms in total. The van der Waals surface area contributed by atoms with Crippen molar-refractivity contribution in [1.82, 2.24) is 5.32 Å². The van der Waals surface area contributed by atoms with Crippen LogP contribution in [0.2, 0.25) is 0 Å². The predicted molar refractivity (Wildman–Crippen MR) is 68.4 cm³/mol. The first kappa shape index (κ1) is 13.1. The zero-order chi connectivity index (χ0) is 13.0. The largest absolute Gasteiger partial charge is 0.463 e. The van der Waals surface area contributed by atoms with Crippen LogP contribution in [-0.4, -0.2) is 19.6 Å². The highest BCUT2D eigenvalue weighted by molar-refractivity contribution is 5.86. The average Bonchev–Trinajstić information content (AvgIpc) is 3.07. The second-order valence-corrected chi connectivity index (χ2v) is 4.96. The Morgan fingerprint density at radius 3 is 3.00 bits per heavy atom. The fourth-order valence-corrected chi connectivity index (χ4v) is 2.01. The van der Waals surface area contributed by atoms with Gasteiger partial charge >= 0.3 is 5.97 Å². The van der Waals surface area contributed by atoms with Crippen LogP contribution in [0.5, 0.6) is 0 Å². The molecule has 0 aliphatic heterocycles. The molecule has 1 heterocycles. The minimum absolute atomic E-state index is 0.127. The molecule has 1 saturated carbocycles. The first-order valence-corrected chi connectivity index (χ1v) is 6.62. The van der Waals surface area contributed by atoms with Crippen LogP contribution in [0.1, 0.15) is 55.0 Å². The molecule has 1 aliphatic carbocycles. The number of hydrogen-bond donors (Lipinski definition) is 1. The van der Waals surface area contributed by atoms with Crippen LogP contribution >= 0.6 is 0 Å². The third kappa shape index (κ3) is 3.60. The lowest BCUT2D eigenvalue weighted by molar-refractivity contribution is 0.0562. The summed E-state index contributed by atoms with van der Waals surface area (Å²) in [6, 6.07) is 3.61. The third-order valence-electron chi connectivity index (χ3n) is 3.38. The maximum Gasteiger partial charge on any atom is 0.373 e. The number of furan rings is 1.